The van der Waals surface area contributed by atoms with E-state index in [-0.39, 0.29) is 6.10 Å². The van der Waals surface area contributed by atoms with E-state index in [4.69, 9.17) is 9.15 Å². The first-order valence-electron chi connectivity index (χ1n) is 8.42. The average Bonchev–Trinajstić information content (AvgIpc) is 3.17. The van der Waals surface area contributed by atoms with Crippen molar-refractivity contribution in [2.45, 2.75) is 39.0 Å². The van der Waals surface area contributed by atoms with Crippen molar-refractivity contribution < 1.29 is 9.15 Å². The van der Waals surface area contributed by atoms with E-state index in [0.717, 1.165) is 43.9 Å². The quantitative estimate of drug-likeness (QED) is 0.765. The lowest BCUT2D eigenvalue weighted by molar-refractivity contribution is 0.192. The second kappa shape index (κ2) is 7.72. The lowest BCUT2D eigenvalue weighted by Crippen LogP contribution is -2.24. The first-order valence-corrected chi connectivity index (χ1v) is 8.42. The lowest BCUT2D eigenvalue weighted by atomic mass is 10.3. The van der Waals surface area contributed by atoms with Crippen LogP contribution in [0.15, 0.2) is 22.7 Å². The Balaban J connectivity index is 1.52. The van der Waals surface area contributed by atoms with E-state index in [2.05, 4.69) is 25.0 Å². The third kappa shape index (κ3) is 4.52. The van der Waals surface area contributed by atoms with Gasteiger partial charge < -0.3 is 14.1 Å². The molecule has 0 N–H and O–H groups in total. The fourth-order valence-corrected chi connectivity index (χ4v) is 2.86. The van der Waals surface area contributed by atoms with Crippen LogP contribution in [-0.2, 0) is 19.5 Å². The molecule has 7 nitrogen and oxygen atoms in total. The van der Waals surface area contributed by atoms with Crippen LogP contribution in [-0.4, -0.2) is 58.3 Å². The van der Waals surface area contributed by atoms with Crippen LogP contribution in [0.25, 0.3) is 0 Å². The van der Waals surface area contributed by atoms with Crippen molar-refractivity contribution in [1.29, 1.82) is 0 Å². The van der Waals surface area contributed by atoms with Crippen molar-refractivity contribution in [2.75, 3.05) is 27.2 Å². The first kappa shape index (κ1) is 16.9. The fourth-order valence-electron chi connectivity index (χ4n) is 2.86. The van der Waals surface area contributed by atoms with Gasteiger partial charge in [-0.05, 0) is 26.6 Å². The van der Waals surface area contributed by atoms with Crippen molar-refractivity contribution in [3.8, 4) is 5.75 Å². The number of aromatic nitrogens is 3. The molecule has 0 aromatic carbocycles. The van der Waals surface area contributed by atoms with E-state index in [0.29, 0.717) is 18.3 Å². The highest BCUT2D eigenvalue weighted by Crippen LogP contribution is 2.20. The fraction of sp³-hybridized carbons (Fsp3) is 0.588. The molecule has 1 saturated heterocycles. The minimum Gasteiger partial charge on any atom is -0.489 e. The predicted octanol–water partition coefficient (Wildman–Crippen LogP) is 1.74. The topological polar surface area (TPSA) is 67.5 Å². The maximum atomic E-state index is 6.13. The molecule has 0 aliphatic carbocycles. The van der Waals surface area contributed by atoms with Crippen LogP contribution in [0, 0.1) is 0 Å². The highest BCUT2D eigenvalue weighted by Gasteiger charge is 2.25. The Morgan fingerprint density at radius 1 is 1.33 bits per heavy atom. The Hall–Kier alpha value is -1.99. The number of pyridine rings is 1. The first-order chi connectivity index (χ1) is 11.6. The number of hydrogen-bond donors (Lipinski definition) is 0. The van der Waals surface area contributed by atoms with Gasteiger partial charge in [0.25, 0.3) is 0 Å². The van der Waals surface area contributed by atoms with Crippen LogP contribution in [0.2, 0.25) is 0 Å². The second-order valence-corrected chi connectivity index (χ2v) is 6.43. The molecule has 0 spiro atoms. The number of ether oxygens (including phenoxy) is 1. The Labute approximate surface area is 142 Å². The number of nitrogens with zero attached hydrogens (tertiary/aromatic N) is 5. The molecular formula is C17H25N5O2. The summed E-state index contributed by atoms with van der Waals surface area (Å²) in [5.41, 5.74) is 1.02. The Morgan fingerprint density at radius 2 is 2.17 bits per heavy atom. The summed E-state index contributed by atoms with van der Waals surface area (Å²) in [5.74, 6) is 2.27. The van der Waals surface area contributed by atoms with Gasteiger partial charge in [0, 0.05) is 38.3 Å². The van der Waals surface area contributed by atoms with Gasteiger partial charge in [-0.3, -0.25) is 9.88 Å². The number of rotatable bonds is 7. The molecule has 1 fully saturated rings. The summed E-state index contributed by atoms with van der Waals surface area (Å²) < 4.78 is 11.7. The third-order valence-electron chi connectivity index (χ3n) is 3.97. The molecule has 0 saturated carbocycles. The van der Waals surface area contributed by atoms with E-state index < -0.39 is 0 Å². The largest absolute Gasteiger partial charge is 0.489 e. The molecule has 0 radical (unpaired) electrons. The van der Waals surface area contributed by atoms with Gasteiger partial charge in [-0.1, -0.05) is 6.92 Å². The van der Waals surface area contributed by atoms with Gasteiger partial charge in [0.2, 0.25) is 11.8 Å². The minimum atomic E-state index is 0.188. The molecule has 1 unspecified atom stereocenters. The molecule has 2 aromatic heterocycles. The molecule has 1 aliphatic heterocycles. The van der Waals surface area contributed by atoms with Crippen LogP contribution in [0.1, 0.15) is 30.8 Å². The van der Waals surface area contributed by atoms with Gasteiger partial charge in [-0.25, -0.2) is 0 Å². The van der Waals surface area contributed by atoms with Gasteiger partial charge in [0.1, 0.15) is 11.9 Å². The zero-order valence-electron chi connectivity index (χ0n) is 14.6. The van der Waals surface area contributed by atoms with Gasteiger partial charge in [-0.2, -0.15) is 0 Å². The summed E-state index contributed by atoms with van der Waals surface area (Å²) in [6.45, 7) is 5.36. The Kier molecular flexibility index (Phi) is 5.42. The molecule has 3 rings (SSSR count). The smallest absolute Gasteiger partial charge is 0.230 e. The monoisotopic (exact) mass is 331 g/mol. The molecule has 1 atom stereocenters. The van der Waals surface area contributed by atoms with Crippen LogP contribution in [0.3, 0.4) is 0 Å². The van der Waals surface area contributed by atoms with E-state index >= 15 is 0 Å². The molecule has 24 heavy (non-hydrogen) atoms. The van der Waals surface area contributed by atoms with Crippen molar-refractivity contribution in [1.82, 2.24) is 25.0 Å². The molecule has 7 heteroatoms. The Bertz CT molecular complexity index is 658. The third-order valence-corrected chi connectivity index (χ3v) is 3.97. The molecule has 1 aliphatic rings. The summed E-state index contributed by atoms with van der Waals surface area (Å²) in [4.78, 5) is 8.76. The van der Waals surface area contributed by atoms with E-state index in [1.165, 1.54) is 0 Å². The molecule has 3 heterocycles. The number of likely N-dealkylation sites (tertiary alicyclic amines) is 1. The van der Waals surface area contributed by atoms with Crippen LogP contribution >= 0.6 is 0 Å². The number of hydrogen-bond acceptors (Lipinski definition) is 7. The highest BCUT2D eigenvalue weighted by molar-refractivity contribution is 5.23. The number of aryl methyl sites for hydroxylation is 1. The average molecular weight is 331 g/mol. The second-order valence-electron chi connectivity index (χ2n) is 6.43. The highest BCUT2D eigenvalue weighted by atomic mass is 16.5. The van der Waals surface area contributed by atoms with Crippen LogP contribution in [0.5, 0.6) is 5.75 Å². The van der Waals surface area contributed by atoms with Gasteiger partial charge in [0.15, 0.2) is 0 Å². The van der Waals surface area contributed by atoms with Crippen molar-refractivity contribution >= 4 is 0 Å². The van der Waals surface area contributed by atoms with E-state index in [1.54, 1.807) is 0 Å². The standard InChI is InChI=1S/C17H25N5O2/c1-4-16-19-20-17(24-16)12-22-8-6-15(11-22)23-14-5-7-18-13(9-14)10-21(2)3/h5,7,9,15H,4,6,8,10-12H2,1-3H3. The normalized spacial score (nSPS) is 18.4. The van der Waals surface area contributed by atoms with Gasteiger partial charge in [0.05, 0.1) is 12.2 Å². The zero-order chi connectivity index (χ0) is 16.9. The van der Waals surface area contributed by atoms with Crippen molar-refractivity contribution in [2.24, 2.45) is 0 Å². The molecular weight excluding hydrogens is 306 g/mol. The van der Waals surface area contributed by atoms with E-state index in [9.17, 15) is 0 Å². The molecule has 130 valence electrons. The summed E-state index contributed by atoms with van der Waals surface area (Å²) in [6, 6.07) is 3.95. The SMILES string of the molecule is CCc1nnc(CN2CCC(Oc3ccnc(CN(C)C)c3)C2)o1. The minimum absolute atomic E-state index is 0.188. The van der Waals surface area contributed by atoms with Crippen molar-refractivity contribution in [3.63, 3.8) is 0 Å². The van der Waals surface area contributed by atoms with Crippen LogP contribution in [0.4, 0.5) is 0 Å². The zero-order valence-corrected chi connectivity index (χ0v) is 14.6. The summed E-state index contributed by atoms with van der Waals surface area (Å²) in [6.07, 6.45) is 3.77. The predicted molar refractivity (Wildman–Crippen MR) is 89.6 cm³/mol. The summed E-state index contributed by atoms with van der Waals surface area (Å²) in [7, 11) is 4.07. The summed E-state index contributed by atoms with van der Waals surface area (Å²) >= 11 is 0. The van der Waals surface area contributed by atoms with Gasteiger partial charge in [-0.15, -0.1) is 10.2 Å². The molecule has 0 amide bonds. The molecule has 0 bridgehead atoms. The lowest BCUT2D eigenvalue weighted by Gasteiger charge is -2.16. The van der Waals surface area contributed by atoms with Gasteiger partial charge >= 0.3 is 0 Å². The Morgan fingerprint density at radius 3 is 2.92 bits per heavy atom. The maximum absolute atomic E-state index is 6.13. The maximum Gasteiger partial charge on any atom is 0.230 e. The van der Waals surface area contributed by atoms with Crippen molar-refractivity contribution in [3.05, 3.63) is 35.8 Å². The molecule has 2 aromatic rings. The van der Waals surface area contributed by atoms with E-state index in [1.807, 2.05) is 39.3 Å². The summed E-state index contributed by atoms with van der Waals surface area (Å²) in [5, 5.41) is 8.10. The van der Waals surface area contributed by atoms with Crippen LogP contribution < -0.4 is 4.74 Å².